The van der Waals surface area contributed by atoms with Gasteiger partial charge in [-0.05, 0) is 131 Å². The van der Waals surface area contributed by atoms with E-state index in [0.717, 1.165) is 48.0 Å². The maximum atomic E-state index is 6.43. The summed E-state index contributed by atoms with van der Waals surface area (Å²) >= 11 is 0. The molecule has 3 saturated carbocycles. The van der Waals surface area contributed by atoms with Crippen molar-refractivity contribution in [3.63, 3.8) is 0 Å². The molecule has 4 aliphatic rings. The standard InChI is InChI=1S/C33H56O/c1-3-5-7-26-9-15-29(16-10-26)31-19-21-32(22-20-31)30-17-11-28(12-18-30)25-34-33-23-13-27(14-24-33)8-6-4-2/h4,19,21,26-33H,2-3,5-18,20,22-25H2,1H3. The van der Waals surface area contributed by atoms with Crippen molar-refractivity contribution in [3.05, 3.63) is 24.8 Å². The third kappa shape index (κ3) is 7.97. The largest absolute Gasteiger partial charge is 0.378 e. The van der Waals surface area contributed by atoms with Crippen molar-refractivity contribution in [2.24, 2.45) is 41.4 Å². The van der Waals surface area contributed by atoms with Crippen LogP contribution in [0, 0.1) is 41.4 Å². The lowest BCUT2D eigenvalue weighted by Crippen LogP contribution is -2.29. The molecule has 34 heavy (non-hydrogen) atoms. The molecule has 0 N–H and O–H groups in total. The molecule has 0 aliphatic heterocycles. The molecular weight excluding hydrogens is 412 g/mol. The first-order valence-electron chi connectivity index (χ1n) is 15.7. The van der Waals surface area contributed by atoms with E-state index in [1.54, 1.807) is 0 Å². The SMILES string of the molecule is C=CCCC1CCC(OCC2CCC(C3C=CC(C4CCC(CCCC)CC4)CC3)CC2)CC1. The smallest absolute Gasteiger partial charge is 0.0575 e. The van der Waals surface area contributed by atoms with Gasteiger partial charge >= 0.3 is 0 Å². The van der Waals surface area contributed by atoms with Crippen molar-refractivity contribution < 1.29 is 4.74 Å². The Balaban J connectivity index is 1.09. The highest BCUT2D eigenvalue weighted by molar-refractivity contribution is 5.03. The van der Waals surface area contributed by atoms with E-state index in [1.807, 2.05) is 0 Å². The predicted octanol–water partition coefficient (Wildman–Crippen LogP) is 9.91. The zero-order valence-corrected chi connectivity index (χ0v) is 22.6. The van der Waals surface area contributed by atoms with Gasteiger partial charge < -0.3 is 4.74 Å². The van der Waals surface area contributed by atoms with Gasteiger partial charge in [0.2, 0.25) is 0 Å². The summed E-state index contributed by atoms with van der Waals surface area (Å²) < 4.78 is 6.43. The minimum absolute atomic E-state index is 0.553. The van der Waals surface area contributed by atoms with Gasteiger partial charge in [-0.1, -0.05) is 57.3 Å². The topological polar surface area (TPSA) is 9.23 Å². The molecule has 4 aliphatic carbocycles. The normalized spacial score (nSPS) is 39.1. The second-order valence-corrected chi connectivity index (χ2v) is 12.8. The zero-order chi connectivity index (χ0) is 23.6. The minimum Gasteiger partial charge on any atom is -0.378 e. The molecule has 0 aromatic rings. The van der Waals surface area contributed by atoms with Crippen molar-refractivity contribution in [1.29, 1.82) is 0 Å². The van der Waals surface area contributed by atoms with Gasteiger partial charge in [-0.3, -0.25) is 0 Å². The van der Waals surface area contributed by atoms with Gasteiger partial charge in [-0.25, -0.2) is 0 Å². The van der Waals surface area contributed by atoms with Crippen LogP contribution in [0.5, 0.6) is 0 Å². The highest BCUT2D eigenvalue weighted by atomic mass is 16.5. The average Bonchev–Trinajstić information content (AvgIpc) is 2.91. The van der Waals surface area contributed by atoms with E-state index in [1.165, 1.54) is 122 Å². The average molecular weight is 469 g/mol. The van der Waals surface area contributed by atoms with E-state index < -0.39 is 0 Å². The summed E-state index contributed by atoms with van der Waals surface area (Å²) in [5.41, 5.74) is 0. The molecule has 0 spiro atoms. The third-order valence-electron chi connectivity index (χ3n) is 10.5. The number of rotatable bonds is 11. The Morgan fingerprint density at radius 2 is 1.21 bits per heavy atom. The van der Waals surface area contributed by atoms with Crippen LogP contribution in [0.4, 0.5) is 0 Å². The molecule has 4 rings (SSSR count). The first-order chi connectivity index (χ1) is 16.7. The van der Waals surface area contributed by atoms with E-state index in [0.29, 0.717) is 6.10 Å². The lowest BCUT2D eigenvalue weighted by molar-refractivity contribution is -0.0114. The van der Waals surface area contributed by atoms with Crippen LogP contribution in [-0.2, 0) is 4.74 Å². The molecule has 1 heteroatoms. The fourth-order valence-electron chi connectivity index (χ4n) is 8.04. The Morgan fingerprint density at radius 1 is 0.676 bits per heavy atom. The summed E-state index contributed by atoms with van der Waals surface area (Å²) in [7, 11) is 0. The van der Waals surface area contributed by atoms with Gasteiger partial charge in [0.05, 0.1) is 6.10 Å². The molecule has 0 saturated heterocycles. The molecule has 0 amide bonds. The van der Waals surface area contributed by atoms with Gasteiger partial charge in [-0.2, -0.15) is 0 Å². The van der Waals surface area contributed by atoms with Gasteiger partial charge in [0, 0.05) is 6.61 Å². The molecule has 194 valence electrons. The van der Waals surface area contributed by atoms with Crippen molar-refractivity contribution in [2.75, 3.05) is 6.61 Å². The molecule has 0 radical (unpaired) electrons. The number of hydrogen-bond donors (Lipinski definition) is 0. The van der Waals surface area contributed by atoms with Crippen LogP contribution in [0.25, 0.3) is 0 Å². The summed E-state index contributed by atoms with van der Waals surface area (Å²) in [5, 5.41) is 0. The first kappa shape index (κ1) is 26.5. The quantitative estimate of drug-likeness (QED) is 0.274. The van der Waals surface area contributed by atoms with Crippen LogP contribution in [-0.4, -0.2) is 12.7 Å². The van der Waals surface area contributed by atoms with Crippen LogP contribution in [0.3, 0.4) is 0 Å². The van der Waals surface area contributed by atoms with Crippen molar-refractivity contribution in [3.8, 4) is 0 Å². The number of unbranched alkanes of at least 4 members (excludes halogenated alkanes) is 1. The van der Waals surface area contributed by atoms with Crippen LogP contribution < -0.4 is 0 Å². The van der Waals surface area contributed by atoms with Gasteiger partial charge in [0.1, 0.15) is 0 Å². The molecule has 0 aromatic carbocycles. The molecule has 2 atom stereocenters. The summed E-state index contributed by atoms with van der Waals surface area (Å²) in [4.78, 5) is 0. The van der Waals surface area contributed by atoms with E-state index >= 15 is 0 Å². The Bertz CT molecular complexity index is 584. The second kappa shape index (κ2) is 14.2. The fourth-order valence-corrected chi connectivity index (χ4v) is 8.04. The Morgan fingerprint density at radius 3 is 1.74 bits per heavy atom. The van der Waals surface area contributed by atoms with Crippen molar-refractivity contribution >= 4 is 0 Å². The maximum Gasteiger partial charge on any atom is 0.0575 e. The highest BCUT2D eigenvalue weighted by Gasteiger charge is 2.32. The predicted molar refractivity (Wildman–Crippen MR) is 147 cm³/mol. The lowest BCUT2D eigenvalue weighted by atomic mass is 9.68. The summed E-state index contributed by atoms with van der Waals surface area (Å²) in [6.07, 6.45) is 34.9. The Labute approximate surface area is 212 Å². The summed E-state index contributed by atoms with van der Waals surface area (Å²) in [5.74, 6) is 6.55. The van der Waals surface area contributed by atoms with Gasteiger partial charge in [-0.15, -0.1) is 6.58 Å². The van der Waals surface area contributed by atoms with E-state index in [-0.39, 0.29) is 0 Å². The van der Waals surface area contributed by atoms with Crippen LogP contribution in [0.15, 0.2) is 24.8 Å². The minimum atomic E-state index is 0.553. The summed E-state index contributed by atoms with van der Waals surface area (Å²) in [6, 6.07) is 0. The van der Waals surface area contributed by atoms with Gasteiger partial charge in [0.25, 0.3) is 0 Å². The molecular formula is C33H56O. The first-order valence-corrected chi connectivity index (χ1v) is 15.7. The lowest BCUT2D eigenvalue weighted by Gasteiger charge is -2.38. The van der Waals surface area contributed by atoms with Gasteiger partial charge in [0.15, 0.2) is 0 Å². The van der Waals surface area contributed by atoms with E-state index in [4.69, 9.17) is 4.74 Å². The maximum absolute atomic E-state index is 6.43. The van der Waals surface area contributed by atoms with E-state index in [2.05, 4.69) is 31.7 Å². The van der Waals surface area contributed by atoms with Crippen LogP contribution in [0.1, 0.15) is 129 Å². The van der Waals surface area contributed by atoms with E-state index in [9.17, 15) is 0 Å². The fraction of sp³-hybridized carbons (Fsp3) is 0.879. The number of allylic oxidation sites excluding steroid dienone is 3. The second-order valence-electron chi connectivity index (χ2n) is 12.8. The molecule has 3 fully saturated rings. The molecule has 0 aromatic heterocycles. The Hall–Kier alpha value is -0.560. The van der Waals surface area contributed by atoms with Crippen LogP contribution in [0.2, 0.25) is 0 Å². The molecule has 0 heterocycles. The van der Waals surface area contributed by atoms with Crippen molar-refractivity contribution in [1.82, 2.24) is 0 Å². The zero-order valence-electron chi connectivity index (χ0n) is 22.6. The highest BCUT2D eigenvalue weighted by Crippen LogP contribution is 2.43. The number of ether oxygens (including phenoxy) is 1. The Kier molecular flexibility index (Phi) is 11.1. The van der Waals surface area contributed by atoms with Crippen molar-refractivity contribution in [2.45, 2.75) is 135 Å². The number of hydrogen-bond acceptors (Lipinski definition) is 1. The molecule has 1 nitrogen and oxygen atoms in total. The third-order valence-corrected chi connectivity index (χ3v) is 10.5. The summed E-state index contributed by atoms with van der Waals surface area (Å²) in [6.45, 7) is 7.26. The molecule has 0 bridgehead atoms. The monoisotopic (exact) mass is 468 g/mol. The van der Waals surface area contributed by atoms with Crippen LogP contribution >= 0.6 is 0 Å². The molecule has 2 unspecified atom stereocenters.